The predicted octanol–water partition coefficient (Wildman–Crippen LogP) is -1.02. The number of hydrogen-bond donors (Lipinski definition) is 9. The second-order valence-corrected chi connectivity index (χ2v) is 10.5. The van der Waals surface area contributed by atoms with E-state index in [0.717, 1.165) is 6.08 Å². The molecule has 242 valence electrons. The second kappa shape index (κ2) is 14.5. The molecule has 15 nitrogen and oxygen atoms in total. The van der Waals surface area contributed by atoms with E-state index in [1.165, 1.54) is 43.3 Å². The van der Waals surface area contributed by atoms with Crippen molar-refractivity contribution >= 4 is 12.0 Å². The first-order valence-electron chi connectivity index (χ1n) is 13.7. The molecule has 2 heterocycles. The number of hydrogen-bond acceptors (Lipinski definition) is 15. The molecule has 15 heteroatoms. The van der Waals surface area contributed by atoms with E-state index >= 15 is 0 Å². The molecule has 44 heavy (non-hydrogen) atoms. The molecule has 10 atom stereocenters. The first kappa shape index (κ1) is 33.4. The van der Waals surface area contributed by atoms with Crippen molar-refractivity contribution in [3.05, 3.63) is 53.6 Å². The van der Waals surface area contributed by atoms with E-state index in [0.29, 0.717) is 11.1 Å². The predicted molar refractivity (Wildman–Crippen MR) is 147 cm³/mol. The van der Waals surface area contributed by atoms with Gasteiger partial charge in [-0.1, -0.05) is 12.1 Å². The van der Waals surface area contributed by atoms with Gasteiger partial charge in [-0.15, -0.1) is 0 Å². The summed E-state index contributed by atoms with van der Waals surface area (Å²) in [4.78, 5) is 12.6. The van der Waals surface area contributed by atoms with Crippen molar-refractivity contribution in [1.82, 2.24) is 0 Å². The highest BCUT2D eigenvalue weighted by molar-refractivity contribution is 5.87. The molecule has 2 aromatic rings. The summed E-state index contributed by atoms with van der Waals surface area (Å²) in [7, 11) is 0. The zero-order chi connectivity index (χ0) is 32.1. The lowest BCUT2D eigenvalue weighted by Crippen LogP contribution is -2.62. The van der Waals surface area contributed by atoms with Crippen molar-refractivity contribution in [2.24, 2.45) is 0 Å². The Morgan fingerprint density at radius 3 is 2.11 bits per heavy atom. The van der Waals surface area contributed by atoms with Crippen LogP contribution in [0.5, 0.6) is 23.0 Å². The van der Waals surface area contributed by atoms with Gasteiger partial charge in [-0.05, 0) is 54.8 Å². The molecule has 9 N–H and O–H groups in total. The lowest BCUT2D eigenvalue weighted by atomic mass is 9.98. The van der Waals surface area contributed by atoms with E-state index in [4.69, 9.17) is 23.7 Å². The van der Waals surface area contributed by atoms with Gasteiger partial charge in [0.2, 0.25) is 0 Å². The monoisotopic (exact) mass is 624 g/mol. The smallest absolute Gasteiger partial charge is 0.331 e. The molecule has 2 saturated heterocycles. The SMILES string of the molecule is CC1OC(OCC2OC(OCCc3ccc(O)c(O)c3)C(O)C(OC(=O)/C=C/c3ccc(O)c(O)c3)C2O)C(O)C(O)C1O. The Labute approximate surface area is 251 Å². The minimum atomic E-state index is -1.70. The van der Waals surface area contributed by atoms with Crippen LogP contribution in [0.15, 0.2) is 42.5 Å². The third-order valence-corrected chi connectivity index (χ3v) is 7.25. The number of esters is 1. The number of rotatable bonds is 10. The number of phenolic OH excluding ortho intramolecular Hbond substituents is 4. The highest BCUT2D eigenvalue weighted by atomic mass is 16.7. The Kier molecular flexibility index (Phi) is 11.0. The van der Waals surface area contributed by atoms with Crippen molar-refractivity contribution in [2.45, 2.75) is 74.8 Å². The molecule has 2 aromatic carbocycles. The van der Waals surface area contributed by atoms with Gasteiger partial charge in [-0.2, -0.15) is 0 Å². The molecule has 0 spiro atoms. The third-order valence-electron chi connectivity index (χ3n) is 7.25. The number of aliphatic hydroxyl groups is 5. The van der Waals surface area contributed by atoms with Gasteiger partial charge >= 0.3 is 5.97 Å². The molecule has 2 aliphatic heterocycles. The minimum absolute atomic E-state index is 0.0768. The largest absolute Gasteiger partial charge is 0.504 e. The molecular weight excluding hydrogens is 588 g/mol. The molecule has 0 aromatic heterocycles. The molecule has 4 rings (SSSR count). The maximum Gasteiger partial charge on any atom is 0.331 e. The molecule has 0 radical (unpaired) electrons. The average Bonchev–Trinajstić information content (AvgIpc) is 2.99. The van der Waals surface area contributed by atoms with Crippen LogP contribution in [0.25, 0.3) is 6.08 Å². The second-order valence-electron chi connectivity index (χ2n) is 10.5. The quantitative estimate of drug-likeness (QED) is 0.0873. The van der Waals surface area contributed by atoms with Crippen LogP contribution in [0.4, 0.5) is 0 Å². The average molecular weight is 625 g/mol. The van der Waals surface area contributed by atoms with Gasteiger partial charge in [-0.3, -0.25) is 0 Å². The Hall–Kier alpha value is -3.51. The first-order valence-corrected chi connectivity index (χ1v) is 13.7. The van der Waals surface area contributed by atoms with Gasteiger partial charge in [0.1, 0.15) is 36.6 Å². The van der Waals surface area contributed by atoms with Crippen LogP contribution in [0, 0.1) is 0 Å². The standard InChI is InChI=1S/C29H36O15/c1-13-22(35)24(37)25(38)28(42-13)41-12-20-23(36)27(44-21(34)7-4-14-2-5-16(30)18(32)10-14)26(39)29(43-20)40-9-8-15-3-6-17(31)19(33)11-15/h2-7,10-11,13,20,22-33,35-39H,8-9,12H2,1H3/b7-4+. The summed E-state index contributed by atoms with van der Waals surface area (Å²) >= 11 is 0. The Morgan fingerprint density at radius 1 is 0.773 bits per heavy atom. The summed E-state index contributed by atoms with van der Waals surface area (Å²) in [5, 5.41) is 90.5. The van der Waals surface area contributed by atoms with Crippen molar-refractivity contribution in [3.8, 4) is 23.0 Å². The van der Waals surface area contributed by atoms with Gasteiger partial charge in [0.15, 0.2) is 41.7 Å². The molecule has 2 fully saturated rings. The number of carbonyl (C=O) groups is 1. The number of aliphatic hydroxyl groups excluding tert-OH is 5. The lowest BCUT2D eigenvalue weighted by molar-refractivity contribution is -0.328. The van der Waals surface area contributed by atoms with Crippen LogP contribution in [0.1, 0.15) is 18.1 Å². The Balaban J connectivity index is 1.45. The molecule has 0 aliphatic carbocycles. The van der Waals surface area contributed by atoms with Crippen molar-refractivity contribution < 1.29 is 74.4 Å². The third kappa shape index (κ3) is 7.95. The van der Waals surface area contributed by atoms with Crippen LogP contribution in [-0.2, 0) is 34.9 Å². The van der Waals surface area contributed by atoms with Gasteiger partial charge in [-0.25, -0.2) is 4.79 Å². The Bertz CT molecular complexity index is 1300. The van der Waals surface area contributed by atoms with Crippen molar-refractivity contribution in [2.75, 3.05) is 13.2 Å². The van der Waals surface area contributed by atoms with Gasteiger partial charge < -0.3 is 69.6 Å². The zero-order valence-corrected chi connectivity index (χ0v) is 23.5. The molecule has 10 unspecified atom stereocenters. The van der Waals surface area contributed by atoms with Gasteiger partial charge in [0.25, 0.3) is 0 Å². The van der Waals surface area contributed by atoms with E-state index in [2.05, 4.69) is 0 Å². The first-order chi connectivity index (χ1) is 20.8. The number of aromatic hydroxyl groups is 4. The number of benzene rings is 2. The van der Waals surface area contributed by atoms with E-state index in [9.17, 15) is 50.8 Å². The van der Waals surface area contributed by atoms with Crippen LogP contribution in [-0.4, -0.2) is 127 Å². The molecular formula is C29H36O15. The maximum absolute atomic E-state index is 12.6. The van der Waals surface area contributed by atoms with Crippen LogP contribution < -0.4 is 0 Å². The molecule has 0 saturated carbocycles. The van der Waals surface area contributed by atoms with Crippen LogP contribution in [0.3, 0.4) is 0 Å². The fourth-order valence-corrected chi connectivity index (χ4v) is 4.66. The normalized spacial score (nSPS) is 32.5. The topological polar surface area (TPSA) is 245 Å². The maximum atomic E-state index is 12.6. The minimum Gasteiger partial charge on any atom is -0.504 e. The van der Waals surface area contributed by atoms with E-state index in [1.54, 1.807) is 6.07 Å². The summed E-state index contributed by atoms with van der Waals surface area (Å²) < 4.78 is 27.7. The number of phenols is 4. The molecule has 0 bridgehead atoms. The lowest BCUT2D eigenvalue weighted by Gasteiger charge is -2.43. The summed E-state index contributed by atoms with van der Waals surface area (Å²) in [6, 6.07) is 7.99. The van der Waals surface area contributed by atoms with E-state index < -0.39 is 79.7 Å². The fraction of sp³-hybridized carbons (Fsp3) is 0.483. The highest BCUT2D eigenvalue weighted by Crippen LogP contribution is 2.29. The fourth-order valence-electron chi connectivity index (χ4n) is 4.66. The molecule has 2 aliphatic rings. The van der Waals surface area contributed by atoms with E-state index in [1.807, 2.05) is 0 Å². The zero-order valence-electron chi connectivity index (χ0n) is 23.5. The van der Waals surface area contributed by atoms with Gasteiger partial charge in [0.05, 0.1) is 19.3 Å². The summed E-state index contributed by atoms with van der Waals surface area (Å²) in [6.45, 7) is 0.888. The van der Waals surface area contributed by atoms with Crippen molar-refractivity contribution in [1.29, 1.82) is 0 Å². The number of carbonyl (C=O) groups excluding carboxylic acids is 1. The van der Waals surface area contributed by atoms with Crippen molar-refractivity contribution in [3.63, 3.8) is 0 Å². The summed E-state index contributed by atoms with van der Waals surface area (Å²) in [5.74, 6) is -2.39. The van der Waals surface area contributed by atoms with Crippen LogP contribution >= 0.6 is 0 Å². The highest BCUT2D eigenvalue weighted by Gasteiger charge is 2.49. The summed E-state index contributed by atoms with van der Waals surface area (Å²) in [6.07, 6.45) is -12.2. The number of ether oxygens (including phenoxy) is 5. The van der Waals surface area contributed by atoms with E-state index in [-0.39, 0.29) is 30.3 Å². The van der Waals surface area contributed by atoms with Crippen LogP contribution in [0.2, 0.25) is 0 Å². The van der Waals surface area contributed by atoms with Gasteiger partial charge in [0, 0.05) is 6.08 Å². The Morgan fingerprint density at radius 2 is 1.43 bits per heavy atom. The summed E-state index contributed by atoms with van der Waals surface area (Å²) in [5.41, 5.74) is 0.919. The molecule has 0 amide bonds.